The zero-order valence-corrected chi connectivity index (χ0v) is 16.6. The Hall–Kier alpha value is -3.56. The standard InChI is InChI=1S/C20H16ClN5O4/c1-12-22-18(24-30-12)14-3-2-4-16(9-14)26-20(29)25(19(28)17(11-27)23-26)10-13-5-7-15(21)8-6-13/h2-9,27H,10-11H2,1H3. The molecule has 0 amide bonds. The van der Waals surface area contributed by atoms with Crippen LogP contribution in [0.5, 0.6) is 0 Å². The number of aryl methyl sites for hydroxylation is 1. The molecule has 0 aliphatic carbocycles. The van der Waals surface area contributed by atoms with E-state index in [0.717, 1.165) is 9.25 Å². The van der Waals surface area contributed by atoms with Gasteiger partial charge in [-0.15, -0.1) is 0 Å². The van der Waals surface area contributed by atoms with Crippen LogP contribution in [0.15, 0.2) is 62.6 Å². The minimum atomic E-state index is -0.654. The fourth-order valence-corrected chi connectivity index (χ4v) is 3.06. The van der Waals surface area contributed by atoms with E-state index in [1.165, 1.54) is 0 Å². The number of halogens is 1. The summed E-state index contributed by atoms with van der Waals surface area (Å²) in [6.07, 6.45) is 0. The van der Waals surface area contributed by atoms with E-state index < -0.39 is 17.9 Å². The van der Waals surface area contributed by atoms with Crippen molar-refractivity contribution in [3.05, 3.63) is 91.5 Å². The SMILES string of the molecule is Cc1nc(-c2cccc(-n3nc(CO)c(=O)n(Cc4ccc(Cl)cc4)c3=O)c2)no1. The number of hydrogen-bond donors (Lipinski definition) is 1. The number of aliphatic hydroxyl groups is 1. The molecule has 0 fully saturated rings. The summed E-state index contributed by atoms with van der Waals surface area (Å²) in [7, 11) is 0. The van der Waals surface area contributed by atoms with E-state index in [1.807, 2.05) is 0 Å². The van der Waals surface area contributed by atoms with Gasteiger partial charge >= 0.3 is 5.69 Å². The normalized spacial score (nSPS) is 11.0. The Morgan fingerprint density at radius 3 is 2.57 bits per heavy atom. The maximum atomic E-state index is 13.1. The summed E-state index contributed by atoms with van der Waals surface area (Å²) >= 11 is 5.90. The van der Waals surface area contributed by atoms with Gasteiger partial charge in [-0.3, -0.25) is 9.36 Å². The summed E-state index contributed by atoms with van der Waals surface area (Å²) in [6, 6.07) is 13.6. The molecule has 0 radical (unpaired) electrons. The number of aliphatic hydroxyl groups excluding tert-OH is 1. The van der Waals surface area contributed by atoms with E-state index in [4.69, 9.17) is 16.1 Å². The van der Waals surface area contributed by atoms with E-state index in [-0.39, 0.29) is 12.2 Å². The van der Waals surface area contributed by atoms with Crippen molar-refractivity contribution >= 4 is 11.6 Å². The summed E-state index contributed by atoms with van der Waals surface area (Å²) in [6.45, 7) is 1.07. The topological polar surface area (TPSA) is 116 Å². The molecule has 0 saturated heterocycles. The summed E-state index contributed by atoms with van der Waals surface area (Å²) in [5.74, 6) is 0.768. The molecule has 0 unspecified atom stereocenters. The second-order valence-electron chi connectivity index (χ2n) is 6.50. The maximum Gasteiger partial charge on any atom is 0.352 e. The highest BCUT2D eigenvalue weighted by atomic mass is 35.5. The van der Waals surface area contributed by atoms with Crippen molar-refractivity contribution in [3.63, 3.8) is 0 Å². The lowest BCUT2D eigenvalue weighted by molar-refractivity contribution is 0.269. The van der Waals surface area contributed by atoms with Gasteiger partial charge in [-0.25, -0.2) is 4.79 Å². The molecule has 1 N–H and O–H groups in total. The molecule has 0 aliphatic heterocycles. The number of benzene rings is 2. The highest BCUT2D eigenvalue weighted by Gasteiger charge is 2.15. The van der Waals surface area contributed by atoms with Crippen molar-refractivity contribution in [2.75, 3.05) is 0 Å². The predicted molar refractivity (Wildman–Crippen MR) is 109 cm³/mol. The summed E-state index contributed by atoms with van der Waals surface area (Å²) in [5.41, 5.74) is 0.256. The van der Waals surface area contributed by atoms with Crippen molar-refractivity contribution in [2.45, 2.75) is 20.1 Å². The molecule has 0 atom stereocenters. The largest absolute Gasteiger partial charge is 0.390 e. The first-order valence-electron chi connectivity index (χ1n) is 8.96. The van der Waals surface area contributed by atoms with Crippen LogP contribution in [0.1, 0.15) is 17.1 Å². The second-order valence-corrected chi connectivity index (χ2v) is 6.94. The van der Waals surface area contributed by atoms with Crippen molar-refractivity contribution < 1.29 is 9.63 Å². The van der Waals surface area contributed by atoms with Crippen LogP contribution in [0, 0.1) is 6.92 Å². The van der Waals surface area contributed by atoms with Crippen molar-refractivity contribution in [1.29, 1.82) is 0 Å². The van der Waals surface area contributed by atoms with Gasteiger partial charge in [0.2, 0.25) is 11.7 Å². The third-order valence-corrected chi connectivity index (χ3v) is 4.66. The van der Waals surface area contributed by atoms with Crippen LogP contribution < -0.4 is 11.2 Å². The van der Waals surface area contributed by atoms with E-state index in [2.05, 4.69) is 15.2 Å². The second kappa shape index (κ2) is 8.05. The van der Waals surface area contributed by atoms with Crippen LogP contribution in [-0.4, -0.2) is 29.6 Å². The smallest absolute Gasteiger partial charge is 0.352 e. The lowest BCUT2D eigenvalue weighted by Crippen LogP contribution is -2.43. The van der Waals surface area contributed by atoms with Crippen LogP contribution in [-0.2, 0) is 13.2 Å². The lowest BCUT2D eigenvalue weighted by atomic mass is 10.2. The molecule has 4 rings (SSSR count). The molecule has 2 heterocycles. The Morgan fingerprint density at radius 1 is 1.13 bits per heavy atom. The van der Waals surface area contributed by atoms with Crippen molar-refractivity contribution in [1.82, 2.24) is 24.5 Å². The van der Waals surface area contributed by atoms with Gasteiger partial charge in [0.25, 0.3) is 5.56 Å². The first-order chi connectivity index (χ1) is 14.5. The lowest BCUT2D eigenvalue weighted by Gasteiger charge is -2.12. The summed E-state index contributed by atoms with van der Waals surface area (Å²) in [5, 5.41) is 18.1. The first-order valence-corrected chi connectivity index (χ1v) is 9.33. The van der Waals surface area contributed by atoms with Crippen LogP contribution in [0.4, 0.5) is 0 Å². The number of hydrogen-bond acceptors (Lipinski definition) is 7. The Bertz CT molecular complexity index is 1320. The molecule has 0 saturated carbocycles. The van der Waals surface area contributed by atoms with E-state index in [9.17, 15) is 14.7 Å². The highest BCUT2D eigenvalue weighted by Crippen LogP contribution is 2.18. The molecule has 2 aromatic carbocycles. The van der Waals surface area contributed by atoms with Gasteiger partial charge in [-0.1, -0.05) is 41.0 Å². The van der Waals surface area contributed by atoms with Crippen LogP contribution in [0.2, 0.25) is 5.02 Å². The fraction of sp³-hybridized carbons (Fsp3) is 0.150. The molecule has 0 bridgehead atoms. The molecule has 4 aromatic rings. The van der Waals surface area contributed by atoms with Crippen LogP contribution in [0.3, 0.4) is 0 Å². The van der Waals surface area contributed by atoms with Crippen LogP contribution >= 0.6 is 11.6 Å². The minimum absolute atomic E-state index is 0.00802. The molecular formula is C20H16ClN5O4. The Balaban J connectivity index is 1.84. The molecule has 152 valence electrons. The molecule has 2 aromatic heterocycles. The Kier molecular flexibility index (Phi) is 5.30. The Morgan fingerprint density at radius 2 is 1.90 bits per heavy atom. The molecule has 0 spiro atoms. The zero-order valence-electron chi connectivity index (χ0n) is 15.8. The van der Waals surface area contributed by atoms with E-state index in [1.54, 1.807) is 55.5 Å². The van der Waals surface area contributed by atoms with Gasteiger partial charge in [-0.2, -0.15) is 14.8 Å². The van der Waals surface area contributed by atoms with Gasteiger partial charge in [0.05, 0.1) is 18.8 Å². The highest BCUT2D eigenvalue weighted by molar-refractivity contribution is 6.30. The van der Waals surface area contributed by atoms with Crippen LogP contribution in [0.25, 0.3) is 17.1 Å². The molecular weight excluding hydrogens is 410 g/mol. The van der Waals surface area contributed by atoms with Crippen molar-refractivity contribution in [3.8, 4) is 17.1 Å². The predicted octanol–water partition coefficient (Wildman–Crippen LogP) is 1.95. The van der Waals surface area contributed by atoms with E-state index >= 15 is 0 Å². The maximum absolute atomic E-state index is 13.1. The first kappa shape index (κ1) is 19.7. The average molecular weight is 426 g/mol. The molecule has 10 heteroatoms. The number of aromatic nitrogens is 5. The molecule has 0 aliphatic rings. The van der Waals surface area contributed by atoms with Gasteiger partial charge in [0.1, 0.15) is 0 Å². The quantitative estimate of drug-likeness (QED) is 0.519. The monoisotopic (exact) mass is 425 g/mol. The minimum Gasteiger partial charge on any atom is -0.390 e. The zero-order chi connectivity index (χ0) is 21.3. The van der Waals surface area contributed by atoms with Gasteiger partial charge in [-0.05, 0) is 29.8 Å². The van der Waals surface area contributed by atoms with Crippen molar-refractivity contribution in [2.24, 2.45) is 0 Å². The average Bonchev–Trinajstić information content (AvgIpc) is 3.19. The molecule has 9 nitrogen and oxygen atoms in total. The molecule has 30 heavy (non-hydrogen) atoms. The fourth-order valence-electron chi connectivity index (χ4n) is 2.94. The van der Waals surface area contributed by atoms with Gasteiger partial charge in [0, 0.05) is 17.5 Å². The van der Waals surface area contributed by atoms with E-state index in [0.29, 0.717) is 33.6 Å². The number of rotatable bonds is 5. The van der Waals surface area contributed by atoms with Gasteiger partial charge < -0.3 is 9.63 Å². The number of nitrogens with zero attached hydrogens (tertiary/aromatic N) is 5. The summed E-state index contributed by atoms with van der Waals surface area (Å²) in [4.78, 5) is 29.9. The Labute approximate surface area is 174 Å². The summed E-state index contributed by atoms with van der Waals surface area (Å²) < 4.78 is 7.09. The van der Waals surface area contributed by atoms with Gasteiger partial charge in [0.15, 0.2) is 5.69 Å². The third-order valence-electron chi connectivity index (χ3n) is 4.41. The third kappa shape index (κ3) is 3.80.